The van der Waals surface area contributed by atoms with Gasteiger partial charge in [-0.1, -0.05) is 6.92 Å². The maximum atomic E-state index is 11.5. The van der Waals surface area contributed by atoms with Crippen LogP contribution in [0.15, 0.2) is 0 Å². The molecule has 1 unspecified atom stereocenters. The number of piperidine rings is 1. The van der Waals surface area contributed by atoms with E-state index in [2.05, 4.69) is 24.1 Å². The average molecular weight is 283 g/mol. The molecule has 1 rings (SSSR count). The van der Waals surface area contributed by atoms with E-state index < -0.39 is 0 Å². The van der Waals surface area contributed by atoms with Crippen LogP contribution >= 0.6 is 0 Å². The standard InChI is InChI=1S/C16H33N3O/c1-5-10-17-14(2)15-8-12-19(13-9-15)11-6-7-16(20)18(3)4/h14-15,17H,5-13H2,1-4H3. The third-order valence-corrected chi connectivity index (χ3v) is 4.42. The topological polar surface area (TPSA) is 35.6 Å². The smallest absolute Gasteiger partial charge is 0.222 e. The van der Waals surface area contributed by atoms with E-state index in [1.54, 1.807) is 4.90 Å². The molecule has 0 bridgehead atoms. The first-order valence-corrected chi connectivity index (χ1v) is 8.20. The van der Waals surface area contributed by atoms with E-state index in [0.717, 1.165) is 25.4 Å². The fourth-order valence-corrected chi connectivity index (χ4v) is 2.89. The lowest BCUT2D eigenvalue weighted by molar-refractivity contribution is -0.128. The lowest BCUT2D eigenvalue weighted by Gasteiger charge is -2.35. The Bertz CT molecular complexity index is 273. The second-order valence-electron chi connectivity index (χ2n) is 6.31. The van der Waals surface area contributed by atoms with Crippen LogP contribution in [-0.4, -0.2) is 62.0 Å². The van der Waals surface area contributed by atoms with Crippen molar-refractivity contribution in [3.05, 3.63) is 0 Å². The van der Waals surface area contributed by atoms with Crippen molar-refractivity contribution in [1.29, 1.82) is 0 Å². The Morgan fingerprint density at radius 1 is 1.35 bits per heavy atom. The molecule has 0 aliphatic carbocycles. The van der Waals surface area contributed by atoms with Crippen molar-refractivity contribution in [2.75, 3.05) is 40.3 Å². The third kappa shape index (κ3) is 6.23. The number of nitrogens with one attached hydrogen (secondary N) is 1. The van der Waals surface area contributed by atoms with Crippen LogP contribution in [0, 0.1) is 5.92 Å². The van der Waals surface area contributed by atoms with Crippen LogP contribution in [0.3, 0.4) is 0 Å². The number of hydrogen-bond acceptors (Lipinski definition) is 3. The summed E-state index contributed by atoms with van der Waals surface area (Å²) in [4.78, 5) is 15.7. The van der Waals surface area contributed by atoms with E-state index in [9.17, 15) is 4.79 Å². The van der Waals surface area contributed by atoms with Crippen molar-refractivity contribution < 1.29 is 4.79 Å². The van der Waals surface area contributed by atoms with Gasteiger partial charge < -0.3 is 15.1 Å². The van der Waals surface area contributed by atoms with Gasteiger partial charge in [0, 0.05) is 26.6 Å². The largest absolute Gasteiger partial charge is 0.349 e. The van der Waals surface area contributed by atoms with Gasteiger partial charge in [0.2, 0.25) is 5.91 Å². The molecular formula is C16H33N3O. The zero-order valence-electron chi connectivity index (χ0n) is 13.8. The van der Waals surface area contributed by atoms with E-state index in [0.29, 0.717) is 12.5 Å². The van der Waals surface area contributed by atoms with Gasteiger partial charge in [0.25, 0.3) is 0 Å². The average Bonchev–Trinajstić information content (AvgIpc) is 2.45. The third-order valence-electron chi connectivity index (χ3n) is 4.42. The van der Waals surface area contributed by atoms with Crippen LogP contribution < -0.4 is 5.32 Å². The molecule has 4 heteroatoms. The molecule has 1 saturated heterocycles. The van der Waals surface area contributed by atoms with Crippen LogP contribution in [-0.2, 0) is 4.79 Å². The van der Waals surface area contributed by atoms with Gasteiger partial charge in [0.1, 0.15) is 0 Å². The number of carbonyl (C=O) groups is 1. The Balaban J connectivity index is 2.14. The van der Waals surface area contributed by atoms with Gasteiger partial charge in [-0.2, -0.15) is 0 Å². The Morgan fingerprint density at radius 3 is 2.55 bits per heavy atom. The van der Waals surface area contributed by atoms with Crippen molar-refractivity contribution in [3.63, 3.8) is 0 Å². The van der Waals surface area contributed by atoms with E-state index in [4.69, 9.17) is 0 Å². The second kappa shape index (κ2) is 9.35. The quantitative estimate of drug-likeness (QED) is 0.739. The minimum atomic E-state index is 0.247. The number of hydrogen-bond donors (Lipinski definition) is 1. The fraction of sp³-hybridized carbons (Fsp3) is 0.938. The van der Waals surface area contributed by atoms with Crippen LogP contribution in [0.4, 0.5) is 0 Å². The summed E-state index contributed by atoms with van der Waals surface area (Å²) in [5, 5.41) is 3.62. The first-order chi connectivity index (χ1) is 9.54. The lowest BCUT2D eigenvalue weighted by Crippen LogP contribution is -2.42. The molecule has 0 spiro atoms. The lowest BCUT2D eigenvalue weighted by atomic mass is 9.90. The van der Waals surface area contributed by atoms with Gasteiger partial charge >= 0.3 is 0 Å². The Labute approximate surface area is 124 Å². The normalized spacial score (nSPS) is 19.0. The van der Waals surface area contributed by atoms with Crippen molar-refractivity contribution in [2.45, 2.75) is 52.0 Å². The van der Waals surface area contributed by atoms with E-state index >= 15 is 0 Å². The highest BCUT2D eigenvalue weighted by molar-refractivity contribution is 5.75. The molecule has 0 radical (unpaired) electrons. The van der Waals surface area contributed by atoms with Gasteiger partial charge in [-0.15, -0.1) is 0 Å². The number of nitrogens with zero attached hydrogens (tertiary/aromatic N) is 2. The van der Waals surface area contributed by atoms with Crippen LogP contribution in [0.1, 0.15) is 46.0 Å². The summed E-state index contributed by atoms with van der Waals surface area (Å²) in [7, 11) is 3.66. The summed E-state index contributed by atoms with van der Waals surface area (Å²) in [5.41, 5.74) is 0. The Hall–Kier alpha value is -0.610. The molecule has 1 fully saturated rings. The summed E-state index contributed by atoms with van der Waals surface area (Å²) >= 11 is 0. The summed E-state index contributed by atoms with van der Waals surface area (Å²) in [6.45, 7) is 9.14. The zero-order valence-corrected chi connectivity index (χ0v) is 13.8. The molecule has 1 aliphatic heterocycles. The second-order valence-corrected chi connectivity index (χ2v) is 6.31. The molecular weight excluding hydrogens is 250 g/mol. The molecule has 118 valence electrons. The van der Waals surface area contributed by atoms with Crippen LogP contribution in [0.25, 0.3) is 0 Å². The van der Waals surface area contributed by atoms with Crippen molar-refractivity contribution in [2.24, 2.45) is 5.92 Å². The minimum Gasteiger partial charge on any atom is -0.349 e. The molecule has 0 aromatic heterocycles. The highest BCUT2D eigenvalue weighted by Gasteiger charge is 2.23. The molecule has 1 N–H and O–H groups in total. The number of amides is 1. The summed E-state index contributed by atoms with van der Waals surface area (Å²) < 4.78 is 0. The highest BCUT2D eigenvalue weighted by atomic mass is 16.2. The first-order valence-electron chi connectivity index (χ1n) is 8.20. The number of likely N-dealkylation sites (tertiary alicyclic amines) is 1. The highest BCUT2D eigenvalue weighted by Crippen LogP contribution is 2.20. The first kappa shape index (κ1) is 17.4. The molecule has 0 aromatic carbocycles. The summed E-state index contributed by atoms with van der Waals surface area (Å²) in [6.07, 6.45) is 5.47. The van der Waals surface area contributed by atoms with Gasteiger partial charge in [0.05, 0.1) is 0 Å². The van der Waals surface area contributed by atoms with Gasteiger partial charge in [0.15, 0.2) is 0 Å². The van der Waals surface area contributed by atoms with E-state index in [-0.39, 0.29) is 5.91 Å². The molecule has 1 aliphatic rings. The van der Waals surface area contributed by atoms with Crippen LogP contribution in [0.5, 0.6) is 0 Å². The summed E-state index contributed by atoms with van der Waals surface area (Å²) in [6, 6.07) is 0.646. The Kier molecular flexibility index (Phi) is 8.15. The molecule has 0 saturated carbocycles. The molecule has 20 heavy (non-hydrogen) atoms. The zero-order chi connectivity index (χ0) is 15.0. The van der Waals surface area contributed by atoms with Crippen LogP contribution in [0.2, 0.25) is 0 Å². The van der Waals surface area contributed by atoms with E-state index in [1.165, 1.54) is 32.4 Å². The van der Waals surface area contributed by atoms with Crippen molar-refractivity contribution in [1.82, 2.24) is 15.1 Å². The molecule has 1 heterocycles. The predicted molar refractivity (Wildman–Crippen MR) is 84.8 cm³/mol. The molecule has 4 nitrogen and oxygen atoms in total. The maximum Gasteiger partial charge on any atom is 0.222 e. The van der Waals surface area contributed by atoms with Gasteiger partial charge in [-0.3, -0.25) is 4.79 Å². The summed E-state index contributed by atoms with van der Waals surface area (Å²) in [5.74, 6) is 1.07. The monoisotopic (exact) mass is 283 g/mol. The molecule has 1 amide bonds. The van der Waals surface area contributed by atoms with Gasteiger partial charge in [-0.05, 0) is 64.7 Å². The minimum absolute atomic E-state index is 0.247. The van der Waals surface area contributed by atoms with Crippen molar-refractivity contribution >= 4 is 5.91 Å². The Morgan fingerprint density at radius 2 is 2.00 bits per heavy atom. The maximum absolute atomic E-state index is 11.5. The predicted octanol–water partition coefficient (Wildman–Crippen LogP) is 1.95. The number of rotatable bonds is 8. The number of carbonyl (C=O) groups excluding carboxylic acids is 1. The van der Waals surface area contributed by atoms with Crippen molar-refractivity contribution in [3.8, 4) is 0 Å². The SMILES string of the molecule is CCCNC(C)C1CCN(CCCC(=O)N(C)C)CC1. The van der Waals surface area contributed by atoms with E-state index in [1.807, 2.05) is 14.1 Å². The molecule has 0 aromatic rings. The molecule has 1 atom stereocenters. The fourth-order valence-electron chi connectivity index (χ4n) is 2.89. The van der Waals surface area contributed by atoms with Gasteiger partial charge in [-0.25, -0.2) is 0 Å².